The normalized spacial score (nSPS) is 11.0. The lowest BCUT2D eigenvalue weighted by Crippen LogP contribution is -2.14. The Morgan fingerprint density at radius 1 is 0.618 bits per heavy atom. The van der Waals surface area contributed by atoms with E-state index in [1.54, 1.807) is 24.3 Å². The highest BCUT2D eigenvalue weighted by molar-refractivity contribution is 5.88. The summed E-state index contributed by atoms with van der Waals surface area (Å²) in [5.41, 5.74) is 0.740. The predicted molar refractivity (Wildman–Crippen MR) is 131 cm³/mol. The number of hydrogen-bond acceptors (Lipinski definition) is 8. The van der Waals surface area contributed by atoms with Crippen LogP contribution in [0, 0.1) is 0 Å². The zero-order valence-corrected chi connectivity index (χ0v) is 20.9. The Kier molecular flexibility index (Phi) is 20.5. The van der Waals surface area contributed by atoms with Crippen LogP contribution in [0.15, 0.2) is 24.3 Å². The SMILES string of the molecule is CCCCCOCCOCCOCCOCCOCCOCCOc1ccc(NC(C)=O)cc1. The number of hydrogen-bond donors (Lipinski definition) is 1. The number of carbonyl (C=O) groups is 1. The number of nitrogens with one attached hydrogen (secondary N) is 1. The number of anilines is 1. The lowest BCUT2D eigenvalue weighted by molar-refractivity contribution is -0.114. The van der Waals surface area contributed by atoms with E-state index < -0.39 is 0 Å². The maximum Gasteiger partial charge on any atom is 0.221 e. The van der Waals surface area contributed by atoms with Crippen LogP contribution in [0.5, 0.6) is 5.75 Å². The highest BCUT2D eigenvalue weighted by Crippen LogP contribution is 2.15. The van der Waals surface area contributed by atoms with Gasteiger partial charge in [0.25, 0.3) is 0 Å². The first-order valence-electron chi connectivity index (χ1n) is 12.2. The molecule has 0 aromatic heterocycles. The summed E-state index contributed by atoms with van der Waals surface area (Å²) in [5, 5.41) is 2.71. The molecule has 1 aromatic rings. The van der Waals surface area contributed by atoms with Gasteiger partial charge in [-0.25, -0.2) is 0 Å². The Morgan fingerprint density at radius 3 is 1.44 bits per heavy atom. The van der Waals surface area contributed by atoms with Crippen molar-refractivity contribution in [2.45, 2.75) is 33.1 Å². The smallest absolute Gasteiger partial charge is 0.221 e. The largest absolute Gasteiger partial charge is 0.491 e. The molecule has 0 spiro atoms. The molecule has 0 radical (unpaired) electrons. The molecule has 0 unspecified atom stereocenters. The second-order valence-electron chi connectivity index (χ2n) is 7.44. The fourth-order valence-electron chi connectivity index (χ4n) is 2.71. The minimum Gasteiger partial charge on any atom is -0.491 e. The van der Waals surface area contributed by atoms with E-state index in [9.17, 15) is 4.79 Å². The molecule has 0 saturated heterocycles. The molecule has 0 atom stereocenters. The number of carbonyl (C=O) groups excluding carboxylic acids is 1. The molecule has 9 heteroatoms. The van der Waals surface area contributed by atoms with Crippen molar-refractivity contribution < 1.29 is 38.0 Å². The average Bonchev–Trinajstić information content (AvgIpc) is 2.83. The van der Waals surface area contributed by atoms with E-state index in [1.165, 1.54) is 19.8 Å². The number of amides is 1. The maximum absolute atomic E-state index is 11.0. The number of ether oxygens (including phenoxy) is 7. The van der Waals surface area contributed by atoms with Crippen molar-refractivity contribution in [1.82, 2.24) is 0 Å². The molecule has 0 bridgehead atoms. The van der Waals surface area contributed by atoms with E-state index in [0.717, 1.165) is 24.5 Å². The second kappa shape index (κ2) is 23.0. The summed E-state index contributed by atoms with van der Waals surface area (Å²) >= 11 is 0. The predicted octanol–water partition coefficient (Wildman–Crippen LogP) is 3.31. The molecule has 1 aromatic carbocycles. The number of benzene rings is 1. The van der Waals surface area contributed by atoms with Crippen molar-refractivity contribution in [2.75, 3.05) is 91.2 Å². The van der Waals surface area contributed by atoms with Crippen LogP contribution in [0.25, 0.3) is 0 Å². The number of rotatable bonds is 24. The summed E-state index contributed by atoms with van der Waals surface area (Å²) in [6.07, 6.45) is 3.55. The Bertz CT molecular complexity index is 585. The molecule has 0 saturated carbocycles. The summed E-state index contributed by atoms with van der Waals surface area (Å²) in [4.78, 5) is 11.0. The van der Waals surface area contributed by atoms with E-state index in [0.29, 0.717) is 79.3 Å². The second-order valence-corrected chi connectivity index (χ2v) is 7.44. The molecule has 0 aliphatic rings. The van der Waals surface area contributed by atoms with Crippen LogP contribution in [-0.2, 0) is 33.2 Å². The third-order valence-electron chi connectivity index (χ3n) is 4.42. The van der Waals surface area contributed by atoms with E-state index in [2.05, 4.69) is 12.2 Å². The van der Waals surface area contributed by atoms with Gasteiger partial charge in [0.2, 0.25) is 5.91 Å². The van der Waals surface area contributed by atoms with Gasteiger partial charge in [-0.05, 0) is 30.7 Å². The number of unbranched alkanes of at least 4 members (excludes halogenated alkanes) is 2. The van der Waals surface area contributed by atoms with Gasteiger partial charge >= 0.3 is 0 Å². The molecule has 1 rings (SSSR count). The van der Waals surface area contributed by atoms with E-state index >= 15 is 0 Å². The Hall–Kier alpha value is -1.75. The van der Waals surface area contributed by atoms with Gasteiger partial charge in [0.1, 0.15) is 12.4 Å². The van der Waals surface area contributed by atoms with Crippen LogP contribution in [0.3, 0.4) is 0 Å². The first-order valence-corrected chi connectivity index (χ1v) is 12.2. The Labute approximate surface area is 204 Å². The van der Waals surface area contributed by atoms with Crippen LogP contribution in [0.1, 0.15) is 33.1 Å². The first kappa shape index (κ1) is 30.3. The van der Waals surface area contributed by atoms with Crippen molar-refractivity contribution in [3.05, 3.63) is 24.3 Å². The standard InChI is InChI=1S/C25H43NO8/c1-3-4-5-10-28-11-12-29-13-14-30-15-16-31-17-18-32-19-20-33-21-22-34-25-8-6-24(7-9-25)26-23(2)27/h6-9H,3-5,10-22H2,1-2H3,(H,26,27). The Morgan fingerprint density at radius 2 is 1.03 bits per heavy atom. The van der Waals surface area contributed by atoms with Gasteiger partial charge in [-0.3, -0.25) is 4.79 Å². The maximum atomic E-state index is 11.0. The molecule has 196 valence electrons. The fraction of sp³-hybridized carbons (Fsp3) is 0.720. The van der Waals surface area contributed by atoms with Gasteiger partial charge in [-0.2, -0.15) is 0 Å². The van der Waals surface area contributed by atoms with Crippen LogP contribution in [0.2, 0.25) is 0 Å². The van der Waals surface area contributed by atoms with Gasteiger partial charge in [-0.15, -0.1) is 0 Å². The summed E-state index contributed by atoms with van der Waals surface area (Å²) in [6, 6.07) is 7.20. The van der Waals surface area contributed by atoms with Gasteiger partial charge in [-0.1, -0.05) is 19.8 Å². The molecular formula is C25H43NO8. The van der Waals surface area contributed by atoms with Crippen molar-refractivity contribution in [1.29, 1.82) is 0 Å². The van der Waals surface area contributed by atoms with Crippen molar-refractivity contribution in [3.63, 3.8) is 0 Å². The van der Waals surface area contributed by atoms with Crippen LogP contribution in [-0.4, -0.2) is 91.8 Å². The summed E-state index contributed by atoms with van der Waals surface area (Å²) in [7, 11) is 0. The summed E-state index contributed by atoms with van der Waals surface area (Å²) < 4.78 is 38.3. The van der Waals surface area contributed by atoms with Crippen molar-refractivity contribution >= 4 is 11.6 Å². The van der Waals surface area contributed by atoms with Crippen LogP contribution < -0.4 is 10.1 Å². The van der Waals surface area contributed by atoms with Crippen LogP contribution >= 0.6 is 0 Å². The van der Waals surface area contributed by atoms with E-state index in [4.69, 9.17) is 33.2 Å². The molecule has 0 aliphatic heterocycles. The average molecular weight is 486 g/mol. The molecule has 0 heterocycles. The lowest BCUT2D eigenvalue weighted by Gasteiger charge is -2.09. The molecule has 1 amide bonds. The molecule has 0 fully saturated rings. The molecule has 9 nitrogen and oxygen atoms in total. The topological polar surface area (TPSA) is 93.7 Å². The lowest BCUT2D eigenvalue weighted by atomic mass is 10.3. The zero-order valence-electron chi connectivity index (χ0n) is 20.9. The highest BCUT2D eigenvalue weighted by Gasteiger charge is 1.98. The minimum absolute atomic E-state index is 0.100. The highest BCUT2D eigenvalue weighted by atomic mass is 16.6. The van der Waals surface area contributed by atoms with Gasteiger partial charge < -0.3 is 38.5 Å². The van der Waals surface area contributed by atoms with Gasteiger partial charge in [0.05, 0.1) is 72.7 Å². The van der Waals surface area contributed by atoms with E-state index in [1.807, 2.05) is 0 Å². The third kappa shape index (κ3) is 19.7. The minimum atomic E-state index is -0.100. The summed E-state index contributed by atoms with van der Waals surface area (Å²) in [6.45, 7) is 10.9. The zero-order chi connectivity index (χ0) is 24.5. The quantitative estimate of drug-likeness (QED) is 0.223. The molecule has 0 aliphatic carbocycles. The monoisotopic (exact) mass is 485 g/mol. The Balaban J connectivity index is 1.74. The van der Waals surface area contributed by atoms with Crippen LogP contribution in [0.4, 0.5) is 5.69 Å². The summed E-state index contributed by atoms with van der Waals surface area (Å²) in [5.74, 6) is 0.627. The van der Waals surface area contributed by atoms with Gasteiger partial charge in [0, 0.05) is 19.2 Å². The molecule has 34 heavy (non-hydrogen) atoms. The fourth-order valence-corrected chi connectivity index (χ4v) is 2.71. The molecular weight excluding hydrogens is 442 g/mol. The third-order valence-corrected chi connectivity index (χ3v) is 4.42. The molecule has 1 N–H and O–H groups in total. The first-order chi connectivity index (χ1) is 16.7. The van der Waals surface area contributed by atoms with Crippen molar-refractivity contribution in [2.24, 2.45) is 0 Å². The van der Waals surface area contributed by atoms with Crippen molar-refractivity contribution in [3.8, 4) is 5.75 Å². The van der Waals surface area contributed by atoms with E-state index in [-0.39, 0.29) is 5.91 Å². The van der Waals surface area contributed by atoms with Gasteiger partial charge in [0.15, 0.2) is 0 Å².